The Balaban J connectivity index is 2.83. The van der Waals surface area contributed by atoms with Crippen LogP contribution in [-0.2, 0) is 0 Å². The van der Waals surface area contributed by atoms with E-state index in [-0.39, 0.29) is 12.6 Å². The van der Waals surface area contributed by atoms with Crippen LogP contribution in [0, 0.1) is 12.3 Å². The standard InChI is InChI=1S/C7H9N5O/c1-2-3-13-6-4-5(12-9)10-7(8)11-6/h1,4H,3,9H2,(H3,8,10,11,12). The van der Waals surface area contributed by atoms with Crippen LogP contribution < -0.4 is 21.7 Å². The number of hydrogen-bond acceptors (Lipinski definition) is 6. The molecule has 0 atom stereocenters. The summed E-state index contributed by atoms with van der Waals surface area (Å²) in [4.78, 5) is 7.53. The Labute approximate surface area is 75.3 Å². The highest BCUT2D eigenvalue weighted by Crippen LogP contribution is 2.12. The molecule has 0 saturated heterocycles. The summed E-state index contributed by atoms with van der Waals surface area (Å²) in [5.74, 6) is 8.16. The molecule has 0 amide bonds. The predicted molar refractivity (Wildman–Crippen MR) is 48.6 cm³/mol. The molecule has 0 unspecified atom stereocenters. The monoisotopic (exact) mass is 179 g/mol. The molecule has 6 heteroatoms. The molecule has 0 aliphatic heterocycles. The van der Waals surface area contributed by atoms with E-state index in [9.17, 15) is 0 Å². The Bertz CT molecular complexity index is 332. The molecule has 0 aliphatic carbocycles. The fourth-order valence-corrected chi connectivity index (χ4v) is 0.706. The molecule has 0 radical (unpaired) electrons. The van der Waals surface area contributed by atoms with Crippen molar-refractivity contribution in [1.82, 2.24) is 9.97 Å². The number of hydrazine groups is 1. The molecular weight excluding hydrogens is 170 g/mol. The smallest absolute Gasteiger partial charge is 0.225 e. The summed E-state index contributed by atoms with van der Waals surface area (Å²) >= 11 is 0. The number of anilines is 2. The van der Waals surface area contributed by atoms with E-state index in [0.717, 1.165) is 0 Å². The zero-order chi connectivity index (χ0) is 9.68. The first-order valence-electron chi connectivity index (χ1n) is 3.43. The van der Waals surface area contributed by atoms with Crippen LogP contribution in [0.3, 0.4) is 0 Å². The average molecular weight is 179 g/mol. The van der Waals surface area contributed by atoms with Gasteiger partial charge in [-0.05, 0) is 0 Å². The number of rotatable bonds is 3. The van der Waals surface area contributed by atoms with Gasteiger partial charge in [0.1, 0.15) is 5.82 Å². The van der Waals surface area contributed by atoms with Gasteiger partial charge >= 0.3 is 0 Å². The van der Waals surface area contributed by atoms with Gasteiger partial charge in [0.05, 0.1) is 0 Å². The van der Waals surface area contributed by atoms with E-state index in [2.05, 4.69) is 21.3 Å². The molecule has 13 heavy (non-hydrogen) atoms. The second-order valence-electron chi connectivity index (χ2n) is 2.09. The van der Waals surface area contributed by atoms with Crippen molar-refractivity contribution < 1.29 is 4.74 Å². The third kappa shape index (κ3) is 2.50. The van der Waals surface area contributed by atoms with Gasteiger partial charge in [0, 0.05) is 6.07 Å². The molecule has 0 spiro atoms. The molecule has 1 aromatic rings. The van der Waals surface area contributed by atoms with E-state index in [4.69, 9.17) is 22.7 Å². The van der Waals surface area contributed by atoms with Crippen molar-refractivity contribution in [2.75, 3.05) is 17.8 Å². The Kier molecular flexibility index (Phi) is 2.89. The van der Waals surface area contributed by atoms with Crippen LogP contribution in [0.15, 0.2) is 6.07 Å². The van der Waals surface area contributed by atoms with Crippen LogP contribution >= 0.6 is 0 Å². The maximum absolute atomic E-state index is 5.36. The minimum atomic E-state index is 0.0717. The minimum absolute atomic E-state index is 0.0717. The van der Waals surface area contributed by atoms with Gasteiger partial charge in [-0.2, -0.15) is 9.97 Å². The first-order valence-corrected chi connectivity index (χ1v) is 3.43. The maximum Gasteiger partial charge on any atom is 0.225 e. The second kappa shape index (κ2) is 4.13. The number of hydrogen-bond donors (Lipinski definition) is 3. The Morgan fingerprint density at radius 2 is 2.38 bits per heavy atom. The number of nitrogen functional groups attached to an aromatic ring is 2. The zero-order valence-corrected chi connectivity index (χ0v) is 6.82. The topological polar surface area (TPSA) is 99.1 Å². The summed E-state index contributed by atoms with van der Waals surface area (Å²) < 4.78 is 5.02. The molecule has 0 bridgehead atoms. The third-order valence-electron chi connectivity index (χ3n) is 1.17. The van der Waals surface area contributed by atoms with Crippen LogP contribution in [0.4, 0.5) is 11.8 Å². The van der Waals surface area contributed by atoms with Crippen LogP contribution in [0.1, 0.15) is 0 Å². The number of nitrogens with two attached hydrogens (primary N) is 2. The Morgan fingerprint density at radius 1 is 1.62 bits per heavy atom. The van der Waals surface area contributed by atoms with Crippen LogP contribution in [0.25, 0.3) is 0 Å². The molecular formula is C7H9N5O. The van der Waals surface area contributed by atoms with Crippen molar-refractivity contribution >= 4 is 11.8 Å². The zero-order valence-electron chi connectivity index (χ0n) is 6.82. The maximum atomic E-state index is 5.36. The summed E-state index contributed by atoms with van der Waals surface area (Å²) in [5, 5.41) is 0. The normalized spacial score (nSPS) is 8.92. The summed E-state index contributed by atoms with van der Waals surface area (Å²) in [5.41, 5.74) is 7.68. The Hall–Kier alpha value is -2.00. The fourth-order valence-electron chi connectivity index (χ4n) is 0.706. The third-order valence-corrected chi connectivity index (χ3v) is 1.17. The molecule has 1 aromatic heterocycles. The van der Waals surface area contributed by atoms with E-state index in [1.165, 1.54) is 6.07 Å². The molecule has 0 fully saturated rings. The van der Waals surface area contributed by atoms with Gasteiger partial charge in [-0.1, -0.05) is 5.92 Å². The second-order valence-corrected chi connectivity index (χ2v) is 2.09. The van der Waals surface area contributed by atoms with Crippen molar-refractivity contribution in [1.29, 1.82) is 0 Å². The lowest BCUT2D eigenvalue weighted by Crippen LogP contribution is -2.11. The quantitative estimate of drug-likeness (QED) is 0.324. The highest BCUT2D eigenvalue weighted by molar-refractivity contribution is 5.41. The van der Waals surface area contributed by atoms with Gasteiger partial charge in [0.2, 0.25) is 11.8 Å². The lowest BCUT2D eigenvalue weighted by atomic mass is 10.5. The highest BCUT2D eigenvalue weighted by atomic mass is 16.5. The van der Waals surface area contributed by atoms with Crippen molar-refractivity contribution in [3.05, 3.63) is 6.07 Å². The molecule has 0 aliphatic rings. The molecule has 5 N–H and O–H groups in total. The van der Waals surface area contributed by atoms with Gasteiger partial charge in [-0.25, -0.2) is 5.84 Å². The van der Waals surface area contributed by atoms with Gasteiger partial charge in [0.15, 0.2) is 6.61 Å². The first-order chi connectivity index (χ1) is 6.26. The van der Waals surface area contributed by atoms with Gasteiger partial charge < -0.3 is 15.9 Å². The minimum Gasteiger partial charge on any atom is -0.464 e. The fraction of sp³-hybridized carbons (Fsp3) is 0.143. The molecule has 6 nitrogen and oxygen atoms in total. The number of aromatic nitrogens is 2. The van der Waals surface area contributed by atoms with Crippen LogP contribution in [0.2, 0.25) is 0 Å². The lowest BCUT2D eigenvalue weighted by Gasteiger charge is -2.04. The predicted octanol–water partition coefficient (Wildman–Crippen LogP) is -0.644. The number of nitrogens with one attached hydrogen (secondary N) is 1. The summed E-state index contributed by atoms with van der Waals surface area (Å²) in [6, 6.07) is 1.49. The summed E-state index contributed by atoms with van der Waals surface area (Å²) in [6.45, 7) is 0.125. The SMILES string of the molecule is C#CCOc1cc(NN)nc(N)n1. The highest BCUT2D eigenvalue weighted by Gasteiger charge is 2.00. The lowest BCUT2D eigenvalue weighted by molar-refractivity contribution is 0.355. The van der Waals surface area contributed by atoms with Crippen molar-refractivity contribution in [2.24, 2.45) is 5.84 Å². The Morgan fingerprint density at radius 3 is 3.00 bits per heavy atom. The molecule has 1 rings (SSSR count). The van der Waals surface area contributed by atoms with E-state index >= 15 is 0 Å². The number of nitrogens with zero attached hydrogens (tertiary/aromatic N) is 2. The van der Waals surface area contributed by atoms with Crippen molar-refractivity contribution in [3.63, 3.8) is 0 Å². The molecule has 0 aromatic carbocycles. The van der Waals surface area contributed by atoms with E-state index in [0.29, 0.717) is 11.7 Å². The van der Waals surface area contributed by atoms with Crippen LogP contribution in [-0.4, -0.2) is 16.6 Å². The van der Waals surface area contributed by atoms with Crippen molar-refractivity contribution in [2.45, 2.75) is 0 Å². The summed E-state index contributed by atoms with van der Waals surface area (Å²) in [6.07, 6.45) is 4.99. The average Bonchev–Trinajstić information content (AvgIpc) is 2.14. The van der Waals surface area contributed by atoms with Gasteiger partial charge in [-0.15, -0.1) is 6.42 Å². The molecule has 1 heterocycles. The van der Waals surface area contributed by atoms with E-state index in [1.54, 1.807) is 0 Å². The van der Waals surface area contributed by atoms with E-state index < -0.39 is 0 Å². The van der Waals surface area contributed by atoms with Gasteiger partial charge in [0.25, 0.3) is 0 Å². The first kappa shape index (κ1) is 9.09. The molecule has 0 saturated carbocycles. The largest absolute Gasteiger partial charge is 0.464 e. The molecule has 68 valence electrons. The van der Waals surface area contributed by atoms with E-state index in [1.807, 2.05) is 0 Å². The number of ether oxygens (including phenoxy) is 1. The number of terminal acetylenes is 1. The van der Waals surface area contributed by atoms with Gasteiger partial charge in [-0.3, -0.25) is 0 Å². The van der Waals surface area contributed by atoms with Crippen molar-refractivity contribution in [3.8, 4) is 18.2 Å². The van der Waals surface area contributed by atoms with Crippen LogP contribution in [0.5, 0.6) is 5.88 Å². The summed E-state index contributed by atoms with van der Waals surface area (Å²) in [7, 11) is 0.